The fourth-order valence-corrected chi connectivity index (χ4v) is 5.24. The lowest BCUT2D eigenvalue weighted by Gasteiger charge is -2.34. The minimum absolute atomic E-state index is 0.119. The van der Waals surface area contributed by atoms with Gasteiger partial charge in [0.15, 0.2) is 0 Å². The van der Waals surface area contributed by atoms with Gasteiger partial charge in [-0.1, -0.05) is 37.1 Å². The monoisotopic (exact) mass is 382 g/mol. The third-order valence-electron chi connectivity index (χ3n) is 5.90. The van der Waals surface area contributed by atoms with Gasteiger partial charge in [0.2, 0.25) is 11.8 Å². The van der Waals surface area contributed by atoms with Crippen LogP contribution < -0.4 is 4.90 Å². The molecule has 4 nitrogen and oxygen atoms in total. The summed E-state index contributed by atoms with van der Waals surface area (Å²) in [6.45, 7) is 1.36. The molecule has 0 radical (unpaired) electrons. The van der Waals surface area contributed by atoms with Gasteiger partial charge < -0.3 is 9.80 Å². The molecule has 142 valence electrons. The van der Waals surface area contributed by atoms with Crippen LogP contribution in [0.5, 0.6) is 0 Å². The summed E-state index contributed by atoms with van der Waals surface area (Å²) < 4.78 is 0. The summed E-state index contributed by atoms with van der Waals surface area (Å²) in [5.74, 6) is -0.122. The molecular formula is C22H26N2O2S. The maximum atomic E-state index is 13.4. The van der Waals surface area contributed by atoms with E-state index >= 15 is 0 Å². The van der Waals surface area contributed by atoms with Crippen molar-refractivity contribution in [1.82, 2.24) is 4.90 Å². The maximum absolute atomic E-state index is 13.4. The van der Waals surface area contributed by atoms with Gasteiger partial charge in [0, 0.05) is 30.1 Å². The molecule has 2 aliphatic rings. The van der Waals surface area contributed by atoms with Gasteiger partial charge in [0.05, 0.1) is 12.5 Å². The molecule has 1 aromatic heterocycles. The van der Waals surface area contributed by atoms with Crippen LogP contribution in [-0.4, -0.2) is 30.3 Å². The number of fused-ring (bicyclic) bond motifs is 1. The van der Waals surface area contributed by atoms with E-state index in [1.54, 1.807) is 16.2 Å². The van der Waals surface area contributed by atoms with Crippen LogP contribution in [0.2, 0.25) is 0 Å². The Morgan fingerprint density at radius 3 is 2.67 bits per heavy atom. The van der Waals surface area contributed by atoms with Crippen molar-refractivity contribution in [1.29, 1.82) is 0 Å². The van der Waals surface area contributed by atoms with Crippen molar-refractivity contribution in [3.8, 4) is 0 Å². The fraction of sp³-hybridized carbons (Fsp3) is 0.455. The zero-order chi connectivity index (χ0) is 18.8. The van der Waals surface area contributed by atoms with E-state index in [9.17, 15) is 9.59 Å². The molecule has 2 unspecified atom stereocenters. The Labute approximate surface area is 164 Å². The number of nitrogens with zero attached hydrogens (tertiary/aromatic N) is 2. The Morgan fingerprint density at radius 2 is 1.89 bits per heavy atom. The summed E-state index contributed by atoms with van der Waals surface area (Å²) >= 11 is 1.67. The molecule has 2 aromatic rings. The normalized spacial score (nSPS) is 21.7. The van der Waals surface area contributed by atoms with Gasteiger partial charge in [0.25, 0.3) is 0 Å². The fourth-order valence-electron chi connectivity index (χ4n) is 4.49. The quantitative estimate of drug-likeness (QED) is 0.799. The molecule has 1 saturated carbocycles. The van der Waals surface area contributed by atoms with E-state index < -0.39 is 0 Å². The van der Waals surface area contributed by atoms with E-state index in [-0.39, 0.29) is 23.7 Å². The van der Waals surface area contributed by atoms with E-state index in [0.29, 0.717) is 6.54 Å². The van der Waals surface area contributed by atoms with Gasteiger partial charge >= 0.3 is 0 Å². The zero-order valence-corrected chi connectivity index (χ0v) is 16.6. The lowest BCUT2D eigenvalue weighted by atomic mass is 9.77. The van der Waals surface area contributed by atoms with Crippen LogP contribution in [0.15, 0.2) is 41.8 Å². The van der Waals surface area contributed by atoms with Crippen molar-refractivity contribution in [2.45, 2.75) is 38.6 Å². The third kappa shape index (κ3) is 3.65. The van der Waals surface area contributed by atoms with E-state index in [2.05, 4.69) is 12.1 Å². The maximum Gasteiger partial charge on any atom is 0.230 e. The van der Waals surface area contributed by atoms with Gasteiger partial charge in [-0.2, -0.15) is 0 Å². The average molecular weight is 383 g/mol. The van der Waals surface area contributed by atoms with Crippen LogP contribution in [-0.2, 0) is 22.6 Å². The first-order chi connectivity index (χ1) is 13.1. The van der Waals surface area contributed by atoms with Gasteiger partial charge in [-0.15, -0.1) is 11.3 Å². The number of benzene rings is 1. The van der Waals surface area contributed by atoms with Gasteiger partial charge in [-0.25, -0.2) is 0 Å². The molecule has 5 heteroatoms. The lowest BCUT2D eigenvalue weighted by Crippen LogP contribution is -2.45. The summed E-state index contributed by atoms with van der Waals surface area (Å²) in [6, 6.07) is 12.2. The summed E-state index contributed by atoms with van der Waals surface area (Å²) in [7, 11) is 1.86. The second-order valence-corrected chi connectivity index (χ2v) is 8.67. The zero-order valence-electron chi connectivity index (χ0n) is 15.8. The number of carbonyl (C=O) groups is 2. The second kappa shape index (κ2) is 7.85. The van der Waals surface area contributed by atoms with E-state index in [1.807, 2.05) is 41.6 Å². The Balaban J connectivity index is 1.50. The van der Waals surface area contributed by atoms with Crippen LogP contribution in [0.4, 0.5) is 5.69 Å². The number of rotatable bonds is 4. The molecule has 0 saturated heterocycles. The number of para-hydroxylation sites is 1. The Kier molecular flexibility index (Phi) is 5.30. The molecule has 1 aliphatic carbocycles. The van der Waals surface area contributed by atoms with Gasteiger partial charge in [-0.05, 0) is 42.3 Å². The number of carbonyl (C=O) groups excluding carboxylic acids is 2. The predicted octanol–water partition coefficient (Wildman–Crippen LogP) is 4.10. The smallest absolute Gasteiger partial charge is 0.230 e. The largest absolute Gasteiger partial charge is 0.340 e. The third-order valence-corrected chi connectivity index (χ3v) is 6.76. The highest BCUT2D eigenvalue weighted by Gasteiger charge is 2.40. The molecule has 0 bridgehead atoms. The molecule has 4 rings (SSSR count). The number of anilines is 1. The summed E-state index contributed by atoms with van der Waals surface area (Å²) in [5.41, 5.74) is 2.27. The van der Waals surface area contributed by atoms with Gasteiger partial charge in [0.1, 0.15) is 0 Å². The van der Waals surface area contributed by atoms with Crippen LogP contribution in [0.1, 0.15) is 36.1 Å². The van der Waals surface area contributed by atoms with Crippen LogP contribution in [0.25, 0.3) is 0 Å². The van der Waals surface area contributed by atoms with Crippen molar-refractivity contribution in [3.63, 3.8) is 0 Å². The molecule has 2 amide bonds. The number of hydrogen-bond donors (Lipinski definition) is 0. The Bertz CT molecular complexity index is 817. The van der Waals surface area contributed by atoms with E-state index in [1.165, 1.54) is 10.4 Å². The predicted molar refractivity (Wildman–Crippen MR) is 109 cm³/mol. The van der Waals surface area contributed by atoms with Crippen LogP contribution in [0, 0.1) is 11.8 Å². The van der Waals surface area contributed by atoms with E-state index in [4.69, 9.17) is 0 Å². The second-order valence-electron chi connectivity index (χ2n) is 7.64. The molecule has 2 atom stereocenters. The number of hydrogen-bond acceptors (Lipinski definition) is 3. The van der Waals surface area contributed by atoms with Crippen molar-refractivity contribution in [2.24, 2.45) is 11.8 Å². The standard InChI is InChI=1S/C22H26N2O2S/c1-23(15-17-8-6-14-27-17)21(25)18-9-3-4-10-19(18)22(26)24-13-12-16-7-2-5-11-20(16)24/h2,5-8,11,14,18-19H,3-4,9-10,12-13,15H2,1H3. The molecule has 2 heterocycles. The Morgan fingerprint density at radius 1 is 1.11 bits per heavy atom. The molecule has 0 N–H and O–H groups in total. The summed E-state index contributed by atoms with van der Waals surface area (Å²) in [4.78, 5) is 31.4. The van der Waals surface area contributed by atoms with Crippen LogP contribution >= 0.6 is 11.3 Å². The molecule has 27 heavy (non-hydrogen) atoms. The topological polar surface area (TPSA) is 40.6 Å². The van der Waals surface area contributed by atoms with Crippen LogP contribution in [0.3, 0.4) is 0 Å². The molecule has 0 spiro atoms. The number of thiophene rings is 1. The Hall–Kier alpha value is -2.14. The van der Waals surface area contributed by atoms with Crippen molar-refractivity contribution in [3.05, 3.63) is 52.2 Å². The van der Waals surface area contributed by atoms with Crippen molar-refractivity contribution < 1.29 is 9.59 Å². The highest BCUT2D eigenvalue weighted by Crippen LogP contribution is 2.36. The first-order valence-electron chi connectivity index (χ1n) is 9.82. The number of amides is 2. The first-order valence-corrected chi connectivity index (χ1v) is 10.7. The van der Waals surface area contributed by atoms with Crippen molar-refractivity contribution >= 4 is 28.8 Å². The summed E-state index contributed by atoms with van der Waals surface area (Å²) in [5, 5.41) is 2.03. The molecule has 1 aromatic carbocycles. The molecular weight excluding hydrogens is 356 g/mol. The molecule has 1 aliphatic heterocycles. The first kappa shape index (κ1) is 18.2. The minimum Gasteiger partial charge on any atom is -0.340 e. The SMILES string of the molecule is CN(Cc1cccs1)C(=O)C1CCCCC1C(=O)N1CCc2ccccc21. The highest BCUT2D eigenvalue weighted by atomic mass is 32.1. The average Bonchev–Trinajstić information content (AvgIpc) is 3.36. The molecule has 1 fully saturated rings. The van der Waals surface area contributed by atoms with Gasteiger partial charge in [-0.3, -0.25) is 9.59 Å². The van der Waals surface area contributed by atoms with Crippen molar-refractivity contribution in [2.75, 3.05) is 18.5 Å². The minimum atomic E-state index is -0.191. The lowest BCUT2D eigenvalue weighted by molar-refractivity contribution is -0.142. The van der Waals surface area contributed by atoms with E-state index in [0.717, 1.165) is 44.3 Å². The highest BCUT2D eigenvalue weighted by molar-refractivity contribution is 7.09. The summed E-state index contributed by atoms with van der Waals surface area (Å²) in [6.07, 6.45) is 4.61.